The van der Waals surface area contributed by atoms with Crippen LogP contribution >= 0.6 is 0 Å². The molecule has 23 heavy (non-hydrogen) atoms. The lowest BCUT2D eigenvalue weighted by molar-refractivity contribution is 0.159. The van der Waals surface area contributed by atoms with E-state index in [2.05, 4.69) is 30.9 Å². The number of hydrogen-bond acceptors (Lipinski definition) is 2. The molecule has 0 aromatic heterocycles. The highest BCUT2D eigenvalue weighted by molar-refractivity contribution is 5.33. The Morgan fingerprint density at radius 1 is 1.00 bits per heavy atom. The molecule has 1 aliphatic heterocycles. The van der Waals surface area contributed by atoms with E-state index in [9.17, 15) is 5.11 Å². The first-order chi connectivity index (χ1) is 11.1. The lowest BCUT2D eigenvalue weighted by Gasteiger charge is -2.35. The second-order valence-electron chi connectivity index (χ2n) is 6.49. The van der Waals surface area contributed by atoms with Gasteiger partial charge in [0, 0.05) is 25.7 Å². The van der Waals surface area contributed by atoms with Gasteiger partial charge in [0.1, 0.15) is 6.10 Å². The van der Waals surface area contributed by atoms with Gasteiger partial charge in [0.25, 0.3) is 0 Å². The molecule has 3 rings (SSSR count). The molecule has 1 radical (unpaired) electrons. The molecule has 1 fully saturated rings. The van der Waals surface area contributed by atoms with Gasteiger partial charge in [-0.25, -0.2) is 5.32 Å². The highest BCUT2D eigenvalue weighted by Gasteiger charge is 2.23. The first-order valence-electron chi connectivity index (χ1n) is 8.38. The Bertz CT molecular complexity index is 609. The molecule has 0 saturated carbocycles. The predicted octanol–water partition coefficient (Wildman–Crippen LogP) is 3.14. The van der Waals surface area contributed by atoms with E-state index >= 15 is 0 Å². The highest BCUT2D eigenvalue weighted by atomic mass is 16.3. The molecule has 0 bridgehead atoms. The van der Waals surface area contributed by atoms with Gasteiger partial charge in [-0.3, -0.25) is 4.90 Å². The maximum Gasteiger partial charge on any atom is 0.104 e. The van der Waals surface area contributed by atoms with E-state index in [-0.39, 0.29) is 6.04 Å². The maximum absolute atomic E-state index is 10.5. The SMILES string of the molecule is CC(C)N1CC[N]C(c2ccc(C(O)c3ccccc3)cc2)C1. The second-order valence-corrected chi connectivity index (χ2v) is 6.49. The molecule has 1 N–H and O–H groups in total. The standard InChI is InChI=1S/C20H25N2O/c1-15(2)22-13-12-21-19(14-22)16-8-10-18(11-9-16)20(23)17-6-4-3-5-7-17/h3-11,15,19-20,23H,12-14H2,1-2H3. The van der Waals surface area contributed by atoms with Crippen molar-refractivity contribution in [3.05, 3.63) is 71.3 Å². The average molecular weight is 309 g/mol. The lowest BCUT2D eigenvalue weighted by Crippen LogP contribution is -2.45. The highest BCUT2D eigenvalue weighted by Crippen LogP contribution is 2.25. The number of aliphatic hydroxyl groups excluding tert-OH is 1. The van der Waals surface area contributed by atoms with Crippen LogP contribution in [0.25, 0.3) is 0 Å². The van der Waals surface area contributed by atoms with Gasteiger partial charge < -0.3 is 5.11 Å². The molecule has 2 unspecified atom stereocenters. The van der Waals surface area contributed by atoms with Crippen LogP contribution in [-0.2, 0) is 0 Å². The van der Waals surface area contributed by atoms with E-state index in [4.69, 9.17) is 5.32 Å². The van der Waals surface area contributed by atoms with Crippen LogP contribution in [0.1, 0.15) is 42.7 Å². The molecule has 1 heterocycles. The van der Waals surface area contributed by atoms with Crippen molar-refractivity contribution in [2.75, 3.05) is 19.6 Å². The second kappa shape index (κ2) is 7.26. The quantitative estimate of drug-likeness (QED) is 0.942. The average Bonchev–Trinajstić information content (AvgIpc) is 2.62. The van der Waals surface area contributed by atoms with Crippen molar-refractivity contribution < 1.29 is 5.11 Å². The zero-order valence-electron chi connectivity index (χ0n) is 13.9. The minimum Gasteiger partial charge on any atom is -0.384 e. The van der Waals surface area contributed by atoms with E-state index in [1.54, 1.807) is 0 Å². The first kappa shape index (κ1) is 16.2. The van der Waals surface area contributed by atoms with Gasteiger partial charge in [-0.05, 0) is 30.5 Å². The topological polar surface area (TPSA) is 37.6 Å². The van der Waals surface area contributed by atoms with Crippen LogP contribution in [0.5, 0.6) is 0 Å². The summed E-state index contributed by atoms with van der Waals surface area (Å²) in [4.78, 5) is 2.48. The Kier molecular flexibility index (Phi) is 5.11. The molecule has 0 aliphatic carbocycles. The van der Waals surface area contributed by atoms with Crippen molar-refractivity contribution in [1.82, 2.24) is 10.2 Å². The fraction of sp³-hybridized carbons (Fsp3) is 0.400. The van der Waals surface area contributed by atoms with E-state index in [1.165, 1.54) is 5.56 Å². The molecule has 3 nitrogen and oxygen atoms in total. The molecule has 0 spiro atoms. The van der Waals surface area contributed by atoms with Crippen LogP contribution in [0, 0.1) is 0 Å². The van der Waals surface area contributed by atoms with E-state index in [1.807, 2.05) is 42.5 Å². The molecule has 1 aliphatic rings. The van der Waals surface area contributed by atoms with Crippen molar-refractivity contribution in [2.24, 2.45) is 0 Å². The summed E-state index contributed by atoms with van der Waals surface area (Å²) in [7, 11) is 0. The lowest BCUT2D eigenvalue weighted by atomic mass is 9.97. The summed E-state index contributed by atoms with van der Waals surface area (Å²) < 4.78 is 0. The van der Waals surface area contributed by atoms with Crippen molar-refractivity contribution in [3.63, 3.8) is 0 Å². The van der Waals surface area contributed by atoms with Crippen LogP contribution in [0.3, 0.4) is 0 Å². The summed E-state index contributed by atoms with van der Waals surface area (Å²) in [6.07, 6.45) is -0.569. The van der Waals surface area contributed by atoms with Crippen molar-refractivity contribution in [3.8, 4) is 0 Å². The third-order valence-corrected chi connectivity index (χ3v) is 4.63. The summed E-state index contributed by atoms with van der Waals surface area (Å²) in [6.45, 7) is 7.41. The van der Waals surface area contributed by atoms with Crippen LogP contribution in [-0.4, -0.2) is 35.7 Å². The van der Waals surface area contributed by atoms with Crippen LogP contribution in [0.4, 0.5) is 0 Å². The van der Waals surface area contributed by atoms with Gasteiger partial charge in [0.05, 0.1) is 6.04 Å². The molecule has 121 valence electrons. The molecule has 0 amide bonds. The fourth-order valence-corrected chi connectivity index (χ4v) is 3.12. The Balaban J connectivity index is 1.72. The van der Waals surface area contributed by atoms with Gasteiger partial charge in [-0.15, -0.1) is 0 Å². The van der Waals surface area contributed by atoms with Crippen molar-refractivity contribution in [2.45, 2.75) is 32.0 Å². The third-order valence-electron chi connectivity index (χ3n) is 4.63. The van der Waals surface area contributed by atoms with Gasteiger partial charge in [0.2, 0.25) is 0 Å². The van der Waals surface area contributed by atoms with Crippen molar-refractivity contribution >= 4 is 0 Å². The zero-order chi connectivity index (χ0) is 16.2. The van der Waals surface area contributed by atoms with E-state index in [0.29, 0.717) is 6.04 Å². The molecular weight excluding hydrogens is 284 g/mol. The maximum atomic E-state index is 10.5. The zero-order valence-corrected chi connectivity index (χ0v) is 13.9. The summed E-state index contributed by atoms with van der Waals surface area (Å²) in [5.41, 5.74) is 3.09. The number of rotatable bonds is 4. The van der Waals surface area contributed by atoms with Gasteiger partial charge in [-0.1, -0.05) is 54.6 Å². The number of hydrogen-bond donors (Lipinski definition) is 1. The molecule has 2 aromatic rings. The molecule has 1 saturated heterocycles. The fourth-order valence-electron chi connectivity index (χ4n) is 3.12. The number of aliphatic hydroxyl groups is 1. The Morgan fingerprint density at radius 2 is 1.65 bits per heavy atom. The van der Waals surface area contributed by atoms with E-state index < -0.39 is 6.10 Å². The number of benzene rings is 2. The Hall–Kier alpha value is -1.68. The smallest absolute Gasteiger partial charge is 0.104 e. The minimum atomic E-state index is -0.569. The monoisotopic (exact) mass is 309 g/mol. The summed E-state index contributed by atoms with van der Waals surface area (Å²) in [6, 6.07) is 18.9. The molecular formula is C20H25N2O. The molecule has 3 heteroatoms. The van der Waals surface area contributed by atoms with E-state index in [0.717, 1.165) is 30.8 Å². The summed E-state index contributed by atoms with van der Waals surface area (Å²) in [5, 5.41) is 15.2. The third kappa shape index (κ3) is 3.81. The largest absolute Gasteiger partial charge is 0.384 e. The summed E-state index contributed by atoms with van der Waals surface area (Å²) >= 11 is 0. The Labute approximate surface area is 139 Å². The van der Waals surface area contributed by atoms with Gasteiger partial charge >= 0.3 is 0 Å². The normalized spacial score (nSPS) is 20.6. The van der Waals surface area contributed by atoms with Gasteiger partial charge in [-0.2, -0.15) is 0 Å². The first-order valence-corrected chi connectivity index (χ1v) is 8.38. The molecule has 2 aromatic carbocycles. The van der Waals surface area contributed by atoms with Gasteiger partial charge in [0.15, 0.2) is 0 Å². The van der Waals surface area contributed by atoms with Crippen molar-refractivity contribution in [1.29, 1.82) is 0 Å². The van der Waals surface area contributed by atoms with Crippen LogP contribution in [0.15, 0.2) is 54.6 Å². The number of piperazine rings is 1. The Morgan fingerprint density at radius 3 is 2.30 bits per heavy atom. The number of nitrogens with zero attached hydrogens (tertiary/aromatic N) is 2. The van der Waals surface area contributed by atoms with Crippen LogP contribution in [0.2, 0.25) is 0 Å². The molecule has 2 atom stereocenters. The predicted molar refractivity (Wildman–Crippen MR) is 93.4 cm³/mol. The van der Waals surface area contributed by atoms with Crippen LogP contribution < -0.4 is 5.32 Å². The minimum absolute atomic E-state index is 0.245. The summed E-state index contributed by atoms with van der Waals surface area (Å²) in [5.74, 6) is 0.